The lowest BCUT2D eigenvalue weighted by atomic mass is 9.89. The highest BCUT2D eigenvalue weighted by Crippen LogP contribution is 2.51. The van der Waals surface area contributed by atoms with Gasteiger partial charge in [-0.15, -0.1) is 11.3 Å². The van der Waals surface area contributed by atoms with Gasteiger partial charge in [0.15, 0.2) is 11.5 Å². The van der Waals surface area contributed by atoms with Crippen molar-refractivity contribution in [2.24, 2.45) is 0 Å². The number of aromatic nitrogens is 1. The summed E-state index contributed by atoms with van der Waals surface area (Å²) in [5.41, 5.74) is 1.93. The molecular weight excluding hydrogens is 370 g/mol. The van der Waals surface area contributed by atoms with Crippen molar-refractivity contribution < 1.29 is 14.3 Å². The third kappa shape index (κ3) is 3.00. The first-order valence-corrected chi connectivity index (χ1v) is 10.4. The molecule has 1 aliphatic heterocycles. The molecule has 1 atom stereocenters. The third-order valence-corrected chi connectivity index (χ3v) is 7.00. The predicted molar refractivity (Wildman–Crippen MR) is 108 cm³/mol. The Labute approximate surface area is 168 Å². The van der Waals surface area contributed by atoms with Crippen LogP contribution in [0.4, 0.5) is 0 Å². The molecule has 1 aromatic heterocycles. The zero-order valence-corrected chi connectivity index (χ0v) is 16.5. The quantitative estimate of drug-likeness (QED) is 0.602. The number of ketones is 1. The molecule has 0 radical (unpaired) electrons. The lowest BCUT2D eigenvalue weighted by molar-refractivity contribution is -0.120. The van der Waals surface area contributed by atoms with Gasteiger partial charge in [0.05, 0.1) is 11.8 Å². The average molecular weight is 391 g/mol. The highest BCUT2D eigenvalue weighted by atomic mass is 32.1. The molecule has 0 spiro atoms. The molecule has 0 N–H and O–H groups in total. The van der Waals surface area contributed by atoms with E-state index in [1.54, 1.807) is 11.3 Å². The normalized spacial score (nSPS) is 17.3. The maximum absolute atomic E-state index is 13.1. The Kier molecular flexibility index (Phi) is 4.20. The van der Waals surface area contributed by atoms with E-state index in [-0.39, 0.29) is 23.9 Å². The number of benzene rings is 2. The van der Waals surface area contributed by atoms with Crippen LogP contribution in [0.25, 0.3) is 0 Å². The molecule has 2 heterocycles. The smallest absolute Gasteiger partial charge is 0.231 e. The molecule has 4 nitrogen and oxygen atoms in total. The molecule has 2 aromatic carbocycles. The minimum atomic E-state index is -0.377. The van der Waals surface area contributed by atoms with Crippen molar-refractivity contribution in [1.29, 1.82) is 0 Å². The van der Waals surface area contributed by atoms with E-state index in [0.29, 0.717) is 6.42 Å². The van der Waals surface area contributed by atoms with Crippen molar-refractivity contribution in [2.45, 2.75) is 37.5 Å². The summed E-state index contributed by atoms with van der Waals surface area (Å²) in [6, 6.07) is 16.3. The molecule has 1 fully saturated rings. The van der Waals surface area contributed by atoms with Gasteiger partial charge in [0.1, 0.15) is 10.8 Å². The Bertz CT molecular complexity index is 1020. The van der Waals surface area contributed by atoms with Crippen LogP contribution in [0.3, 0.4) is 0 Å². The van der Waals surface area contributed by atoms with Crippen LogP contribution < -0.4 is 9.47 Å². The first-order valence-electron chi connectivity index (χ1n) is 9.59. The van der Waals surface area contributed by atoms with Crippen LogP contribution in [0.2, 0.25) is 0 Å². The van der Waals surface area contributed by atoms with Crippen LogP contribution in [0.5, 0.6) is 11.5 Å². The van der Waals surface area contributed by atoms with Crippen molar-refractivity contribution in [1.82, 2.24) is 4.98 Å². The monoisotopic (exact) mass is 391 g/mol. The van der Waals surface area contributed by atoms with Crippen molar-refractivity contribution in [2.75, 3.05) is 6.79 Å². The van der Waals surface area contributed by atoms with Gasteiger partial charge >= 0.3 is 0 Å². The van der Waals surface area contributed by atoms with E-state index < -0.39 is 0 Å². The summed E-state index contributed by atoms with van der Waals surface area (Å²) < 4.78 is 10.9. The number of hydrogen-bond donors (Lipinski definition) is 0. The summed E-state index contributed by atoms with van der Waals surface area (Å²) in [5, 5.41) is 0.898. The second-order valence-electron chi connectivity index (χ2n) is 7.54. The van der Waals surface area contributed by atoms with E-state index in [4.69, 9.17) is 9.47 Å². The van der Waals surface area contributed by atoms with Crippen LogP contribution in [-0.2, 0) is 16.6 Å². The fourth-order valence-electron chi connectivity index (χ4n) is 3.87. The first kappa shape index (κ1) is 17.4. The fourth-order valence-corrected chi connectivity index (χ4v) is 4.87. The van der Waals surface area contributed by atoms with Gasteiger partial charge in [-0.25, -0.2) is 4.98 Å². The van der Waals surface area contributed by atoms with E-state index in [2.05, 4.69) is 36.2 Å². The topological polar surface area (TPSA) is 48.4 Å². The Hall–Kier alpha value is -2.66. The van der Waals surface area contributed by atoms with Crippen molar-refractivity contribution in [3.8, 4) is 11.5 Å². The second-order valence-corrected chi connectivity index (χ2v) is 8.69. The van der Waals surface area contributed by atoms with Crippen LogP contribution in [0.15, 0.2) is 54.7 Å². The molecule has 0 amide bonds. The molecule has 1 unspecified atom stereocenters. The minimum Gasteiger partial charge on any atom is -0.454 e. The van der Waals surface area contributed by atoms with E-state index >= 15 is 0 Å². The molecule has 28 heavy (non-hydrogen) atoms. The van der Waals surface area contributed by atoms with E-state index in [1.807, 2.05) is 30.5 Å². The summed E-state index contributed by atoms with van der Waals surface area (Å²) in [6.45, 7) is 2.44. The van der Waals surface area contributed by atoms with Gasteiger partial charge in [-0.2, -0.15) is 0 Å². The van der Waals surface area contributed by atoms with Crippen LogP contribution >= 0.6 is 11.3 Å². The molecule has 1 aliphatic carbocycles. The highest BCUT2D eigenvalue weighted by Gasteiger charge is 2.51. The third-order valence-electron chi connectivity index (χ3n) is 5.82. The number of rotatable bonds is 6. The maximum Gasteiger partial charge on any atom is 0.231 e. The van der Waals surface area contributed by atoms with Crippen molar-refractivity contribution in [3.63, 3.8) is 0 Å². The van der Waals surface area contributed by atoms with Gasteiger partial charge in [-0.3, -0.25) is 4.79 Å². The van der Waals surface area contributed by atoms with Gasteiger partial charge in [0, 0.05) is 17.0 Å². The van der Waals surface area contributed by atoms with E-state index in [9.17, 15) is 4.79 Å². The molecule has 5 heteroatoms. The Morgan fingerprint density at radius 1 is 1.14 bits per heavy atom. The Morgan fingerprint density at radius 2 is 1.93 bits per heavy atom. The molecular formula is C23H21NO3S. The molecule has 0 saturated heterocycles. The Morgan fingerprint density at radius 3 is 2.71 bits per heavy atom. The maximum atomic E-state index is 13.1. The van der Waals surface area contributed by atoms with Crippen LogP contribution in [0, 0.1) is 0 Å². The molecule has 142 valence electrons. The second kappa shape index (κ2) is 6.74. The highest BCUT2D eigenvalue weighted by molar-refractivity contribution is 7.11. The average Bonchev–Trinajstić information content (AvgIpc) is 3.19. The molecule has 1 saturated carbocycles. The van der Waals surface area contributed by atoms with Crippen molar-refractivity contribution >= 4 is 17.1 Å². The zero-order chi connectivity index (χ0) is 19.1. The summed E-state index contributed by atoms with van der Waals surface area (Å²) in [5.74, 6) is 2.03. The number of ether oxygens (including phenoxy) is 2. The molecule has 2 aliphatic rings. The summed E-state index contributed by atoms with van der Waals surface area (Å²) in [4.78, 5) is 18.9. The number of fused-ring (bicyclic) bond motifs is 1. The van der Waals surface area contributed by atoms with Gasteiger partial charge in [0.25, 0.3) is 0 Å². The van der Waals surface area contributed by atoms with Crippen LogP contribution in [-0.4, -0.2) is 17.6 Å². The number of Topliss-reactive ketones (excluding diaryl/α,β-unsaturated/α-hetero) is 1. The van der Waals surface area contributed by atoms with Crippen molar-refractivity contribution in [3.05, 3.63) is 75.7 Å². The first-order chi connectivity index (χ1) is 13.7. The predicted octanol–water partition coefficient (Wildman–Crippen LogP) is 4.87. The van der Waals surface area contributed by atoms with Gasteiger partial charge in [-0.05, 0) is 36.1 Å². The summed E-state index contributed by atoms with van der Waals surface area (Å²) in [6.07, 6.45) is 4.10. The van der Waals surface area contributed by atoms with Gasteiger partial charge in [-0.1, -0.05) is 43.3 Å². The lowest BCUT2D eigenvalue weighted by Crippen LogP contribution is -2.22. The Balaban J connectivity index is 1.33. The summed E-state index contributed by atoms with van der Waals surface area (Å²) >= 11 is 1.65. The minimum absolute atomic E-state index is 0.250. The number of thiazole rings is 1. The SMILES string of the molecule is CC(c1ccccc1)c1cnc(CC(=O)C2(c3ccc4c(c3)OCO4)CC2)s1. The standard InChI is InChI=1S/C23H21NO3S/c1-15(16-5-3-2-4-6-16)20-13-24-22(28-20)12-21(25)23(9-10-23)17-7-8-18-19(11-17)27-14-26-18/h2-8,11,13,15H,9-10,12,14H2,1H3. The number of carbonyl (C=O) groups excluding carboxylic acids is 1. The summed E-state index contributed by atoms with van der Waals surface area (Å²) in [7, 11) is 0. The van der Waals surface area contributed by atoms with Gasteiger partial charge in [0.2, 0.25) is 6.79 Å². The number of hydrogen-bond acceptors (Lipinski definition) is 5. The fraction of sp³-hybridized carbons (Fsp3) is 0.304. The zero-order valence-electron chi connectivity index (χ0n) is 15.7. The lowest BCUT2D eigenvalue weighted by Gasteiger charge is -2.14. The largest absolute Gasteiger partial charge is 0.454 e. The van der Waals surface area contributed by atoms with Crippen LogP contribution in [0.1, 0.15) is 46.7 Å². The van der Waals surface area contributed by atoms with E-state index in [0.717, 1.165) is 34.9 Å². The van der Waals surface area contributed by atoms with Gasteiger partial charge < -0.3 is 9.47 Å². The molecule has 5 rings (SSSR count). The molecule has 3 aromatic rings. The number of nitrogens with zero attached hydrogens (tertiary/aromatic N) is 1. The van der Waals surface area contributed by atoms with E-state index in [1.165, 1.54) is 10.4 Å². The number of carbonyl (C=O) groups is 1. The molecule has 0 bridgehead atoms.